The molecule has 0 aromatic heterocycles. The number of hydrogen-bond acceptors (Lipinski definition) is 8. The first-order chi connectivity index (χ1) is 5.41. The van der Waals surface area contributed by atoms with Crippen molar-refractivity contribution in [1.29, 1.82) is 0 Å². The van der Waals surface area contributed by atoms with Crippen LogP contribution in [0.25, 0.3) is 0 Å². The van der Waals surface area contributed by atoms with Crippen LogP contribution in [0.2, 0.25) is 0 Å². The van der Waals surface area contributed by atoms with Crippen LogP contribution in [0, 0.1) is 0 Å². The quantitative estimate of drug-likeness (QED) is 0.179. The lowest BCUT2D eigenvalue weighted by molar-refractivity contribution is -0.781. The van der Waals surface area contributed by atoms with Gasteiger partial charge in [-0.1, -0.05) is 0 Å². The van der Waals surface area contributed by atoms with Gasteiger partial charge in [-0.2, -0.15) is 0 Å². The molecule has 0 aliphatic rings. The molecular weight excluding hydrogens is 162 g/mol. The average Bonchev–Trinajstić information content (AvgIpc) is 2.03. The highest BCUT2D eigenvalue weighted by Crippen LogP contribution is 1.85. The predicted molar refractivity (Wildman–Crippen MR) is 30.3 cm³/mol. The third-order valence-electron chi connectivity index (χ3n) is 0.393. The first-order valence-electron chi connectivity index (χ1n) is 2.39. The van der Waals surface area contributed by atoms with Crippen molar-refractivity contribution in [3.8, 4) is 0 Å². The van der Waals surface area contributed by atoms with Gasteiger partial charge in [-0.3, -0.25) is 0 Å². The van der Waals surface area contributed by atoms with Crippen LogP contribution in [0.5, 0.6) is 0 Å². The van der Waals surface area contributed by atoms with Crippen LogP contribution >= 0.6 is 0 Å². The van der Waals surface area contributed by atoms with Gasteiger partial charge in [0.05, 0.1) is 7.11 Å². The molecular formula is CH6B2O8. The third-order valence-corrected chi connectivity index (χ3v) is 0.393. The van der Waals surface area contributed by atoms with Crippen molar-refractivity contribution >= 4 is 15.7 Å². The van der Waals surface area contributed by atoms with Gasteiger partial charge in [0, 0.05) is 0 Å². The van der Waals surface area contributed by atoms with Gasteiger partial charge in [0.15, 0.2) is 0 Å². The minimum Gasteiger partial charge on any atom is -0.482 e. The topological polar surface area (TPSA) is 73.8 Å². The third kappa shape index (κ3) is 9.81. The van der Waals surface area contributed by atoms with Gasteiger partial charge in [0.2, 0.25) is 8.05 Å². The number of hydrogen-bond donors (Lipinski definition) is 0. The zero-order valence-corrected chi connectivity index (χ0v) is 5.97. The van der Waals surface area contributed by atoms with Crippen LogP contribution in [0.3, 0.4) is 0 Å². The van der Waals surface area contributed by atoms with Crippen molar-refractivity contribution in [1.82, 2.24) is 0 Å². The summed E-state index contributed by atoms with van der Waals surface area (Å²) in [7, 11) is 2.48. The van der Waals surface area contributed by atoms with Gasteiger partial charge < -0.3 is 4.57 Å². The highest BCUT2D eigenvalue weighted by Gasteiger charge is 1.93. The Kier molecular flexibility index (Phi) is 9.64. The van der Waals surface area contributed by atoms with Crippen LogP contribution in [-0.4, -0.2) is 22.8 Å². The largest absolute Gasteiger partial charge is 0.482 e. The van der Waals surface area contributed by atoms with E-state index in [0.29, 0.717) is 0 Å². The van der Waals surface area contributed by atoms with Crippen LogP contribution in [-0.2, 0) is 39.5 Å². The van der Waals surface area contributed by atoms with E-state index in [1.54, 1.807) is 0 Å². The van der Waals surface area contributed by atoms with E-state index in [1.165, 1.54) is 15.2 Å². The Morgan fingerprint density at radius 1 is 1.00 bits per heavy atom. The van der Waals surface area contributed by atoms with E-state index in [9.17, 15) is 0 Å². The fraction of sp³-hybridized carbons (Fsp3) is 1.00. The maximum Gasteiger partial charge on any atom is 0.462 e. The molecule has 0 aliphatic heterocycles. The Morgan fingerprint density at radius 3 is 2.27 bits per heavy atom. The Morgan fingerprint density at radius 2 is 1.64 bits per heavy atom. The second-order valence-electron chi connectivity index (χ2n) is 1.03. The molecule has 0 bridgehead atoms. The van der Waals surface area contributed by atoms with Crippen LogP contribution in [0.15, 0.2) is 0 Å². The summed E-state index contributed by atoms with van der Waals surface area (Å²) in [5.74, 6) is 0. The minimum absolute atomic E-state index is 0.117. The van der Waals surface area contributed by atoms with Crippen LogP contribution in [0.4, 0.5) is 0 Å². The van der Waals surface area contributed by atoms with Gasteiger partial charge in [0.1, 0.15) is 0 Å². The standard InChI is InChI=1S/CH6B2O8/c1-4-7-9-11-10-8-6-3-5-2/h3H,2H2,1H3. The van der Waals surface area contributed by atoms with Crippen LogP contribution in [0.1, 0.15) is 0 Å². The summed E-state index contributed by atoms with van der Waals surface area (Å²) in [6.45, 7) is 0. The summed E-state index contributed by atoms with van der Waals surface area (Å²) < 4.78 is 4.39. The van der Waals surface area contributed by atoms with E-state index in [0.717, 1.165) is 0 Å². The first kappa shape index (κ1) is 10.8. The zero-order valence-electron chi connectivity index (χ0n) is 5.97. The van der Waals surface area contributed by atoms with E-state index >= 15 is 0 Å². The molecule has 0 fully saturated rings. The van der Waals surface area contributed by atoms with Crippen molar-refractivity contribution in [2.75, 3.05) is 7.11 Å². The molecule has 0 aliphatic carbocycles. The van der Waals surface area contributed by atoms with Gasteiger partial charge in [-0.05, 0) is 25.2 Å². The van der Waals surface area contributed by atoms with Gasteiger partial charge in [-0.25, -0.2) is 9.69 Å². The average molecular weight is 168 g/mol. The SMILES string of the molecule is BOBOOOOOOOC. The molecule has 0 saturated heterocycles. The Hall–Kier alpha value is -0.190. The molecule has 11 heavy (non-hydrogen) atoms. The molecule has 0 atom stereocenters. The minimum atomic E-state index is -0.117. The second kappa shape index (κ2) is 9.81. The lowest BCUT2D eigenvalue weighted by Gasteiger charge is -1.97. The highest BCUT2D eigenvalue weighted by atomic mass is 17.9. The molecule has 0 aromatic carbocycles. The molecule has 0 saturated carbocycles. The molecule has 64 valence electrons. The normalized spacial score (nSPS) is 9.91. The molecule has 0 unspecified atom stereocenters. The van der Waals surface area contributed by atoms with Gasteiger partial charge in [0.25, 0.3) is 0 Å². The Balaban J connectivity index is 2.69. The summed E-state index contributed by atoms with van der Waals surface area (Å²) in [6, 6.07) is 0. The van der Waals surface area contributed by atoms with Crippen molar-refractivity contribution in [3.63, 3.8) is 0 Å². The lowest BCUT2D eigenvalue weighted by Crippen LogP contribution is -2.05. The Labute approximate surface area is 63.5 Å². The molecule has 0 spiro atoms. The molecule has 8 nitrogen and oxygen atoms in total. The molecule has 0 heterocycles. The molecule has 10 heteroatoms. The zero-order chi connectivity index (χ0) is 8.36. The number of rotatable bonds is 8. The monoisotopic (exact) mass is 168 g/mol. The van der Waals surface area contributed by atoms with Crippen LogP contribution < -0.4 is 0 Å². The van der Waals surface area contributed by atoms with Crippen molar-refractivity contribution < 1.29 is 39.5 Å². The highest BCUT2D eigenvalue weighted by molar-refractivity contribution is 6.27. The molecule has 0 radical (unpaired) electrons. The molecule has 0 amide bonds. The maximum absolute atomic E-state index is 4.39. The van der Waals surface area contributed by atoms with E-state index in [4.69, 9.17) is 0 Å². The van der Waals surface area contributed by atoms with E-state index < -0.39 is 0 Å². The lowest BCUT2D eigenvalue weighted by atomic mass is 10.3. The smallest absolute Gasteiger partial charge is 0.462 e. The van der Waals surface area contributed by atoms with Gasteiger partial charge in [-0.15, -0.1) is 0 Å². The fourth-order valence-electron chi connectivity index (χ4n) is 0.149. The summed E-state index contributed by atoms with van der Waals surface area (Å²) in [5, 5.41) is 18.6. The van der Waals surface area contributed by atoms with E-state index in [1.807, 2.05) is 0 Å². The maximum atomic E-state index is 4.39. The summed E-state index contributed by atoms with van der Waals surface area (Å²) in [5.41, 5.74) is 0. The summed E-state index contributed by atoms with van der Waals surface area (Å²) >= 11 is 0. The molecule has 0 aromatic rings. The van der Waals surface area contributed by atoms with Crippen molar-refractivity contribution in [2.45, 2.75) is 0 Å². The van der Waals surface area contributed by atoms with Crippen molar-refractivity contribution in [3.05, 3.63) is 0 Å². The summed E-state index contributed by atoms with van der Waals surface area (Å²) in [4.78, 5) is 8.04. The van der Waals surface area contributed by atoms with E-state index in [-0.39, 0.29) is 7.69 Å². The first-order valence-corrected chi connectivity index (χ1v) is 2.39. The van der Waals surface area contributed by atoms with Crippen molar-refractivity contribution in [2.24, 2.45) is 0 Å². The second-order valence-corrected chi connectivity index (χ2v) is 1.03. The summed E-state index contributed by atoms with van der Waals surface area (Å²) in [6.07, 6.45) is 0. The van der Waals surface area contributed by atoms with E-state index in [2.05, 4.69) is 39.5 Å². The Bertz CT molecular complexity index is 61.1. The fourth-order valence-corrected chi connectivity index (χ4v) is 0.149. The predicted octanol–water partition coefficient (Wildman–Crippen LogP) is -1.95. The molecule has 0 N–H and O–H groups in total. The van der Waals surface area contributed by atoms with Gasteiger partial charge >= 0.3 is 7.69 Å². The molecule has 0 rings (SSSR count).